The van der Waals surface area contributed by atoms with Gasteiger partial charge in [0.15, 0.2) is 12.3 Å². The van der Waals surface area contributed by atoms with Gasteiger partial charge in [-0.25, -0.2) is 14.2 Å². The second-order valence-electron chi connectivity index (χ2n) is 5.35. The number of esters is 1. The third-order valence-corrected chi connectivity index (χ3v) is 3.65. The second-order valence-corrected chi connectivity index (χ2v) is 5.76. The third kappa shape index (κ3) is 3.95. The van der Waals surface area contributed by atoms with Gasteiger partial charge in [0.05, 0.1) is 5.02 Å². The Morgan fingerprint density at radius 2 is 2.12 bits per heavy atom. The number of aromatic nitrogens is 2. The zero-order valence-corrected chi connectivity index (χ0v) is 13.9. The fourth-order valence-electron chi connectivity index (χ4n) is 2.16. The number of carbonyl (C=O) groups is 2. The van der Waals surface area contributed by atoms with Crippen LogP contribution in [0, 0.1) is 12.7 Å². The highest BCUT2D eigenvalue weighted by Gasteiger charge is 2.14. The van der Waals surface area contributed by atoms with Crippen LogP contribution in [-0.4, -0.2) is 27.9 Å². The summed E-state index contributed by atoms with van der Waals surface area (Å²) in [6.07, 6.45) is 3.30. The Morgan fingerprint density at radius 3 is 2.88 bits per heavy atom. The summed E-state index contributed by atoms with van der Waals surface area (Å²) >= 11 is 5.63. The number of anilines is 1. The summed E-state index contributed by atoms with van der Waals surface area (Å²) < 4.78 is 19.7. The van der Waals surface area contributed by atoms with Crippen LogP contribution in [0.15, 0.2) is 42.7 Å². The lowest BCUT2D eigenvalue weighted by Gasteiger charge is -2.06. The first-order valence-electron chi connectivity index (χ1n) is 7.30. The van der Waals surface area contributed by atoms with Gasteiger partial charge in [-0.15, -0.1) is 0 Å². The van der Waals surface area contributed by atoms with Crippen molar-refractivity contribution in [3.63, 3.8) is 0 Å². The van der Waals surface area contributed by atoms with E-state index in [0.29, 0.717) is 11.3 Å². The molecule has 0 unspecified atom stereocenters. The molecule has 3 rings (SSSR count). The van der Waals surface area contributed by atoms with E-state index in [1.54, 1.807) is 10.6 Å². The minimum Gasteiger partial charge on any atom is -0.451 e. The highest BCUT2D eigenvalue weighted by molar-refractivity contribution is 6.31. The van der Waals surface area contributed by atoms with Gasteiger partial charge < -0.3 is 14.5 Å². The molecule has 2 aromatic heterocycles. The van der Waals surface area contributed by atoms with Crippen LogP contribution in [0.5, 0.6) is 0 Å². The van der Waals surface area contributed by atoms with Crippen molar-refractivity contribution < 1.29 is 18.7 Å². The molecule has 0 spiro atoms. The first kappa shape index (κ1) is 16.9. The molecule has 0 bridgehead atoms. The van der Waals surface area contributed by atoms with Crippen molar-refractivity contribution in [1.29, 1.82) is 0 Å². The standard InChI is InChI=1S/C17H13ClFN3O3/c1-10-4-5-22-8-14(21-15(22)6-10)17(24)25-9-16(23)20-11-2-3-13(19)12(18)7-11/h2-8H,9H2,1H3,(H,20,23). The minimum atomic E-state index is -0.714. The van der Waals surface area contributed by atoms with Crippen molar-refractivity contribution in [3.05, 3.63) is 64.8 Å². The van der Waals surface area contributed by atoms with E-state index in [9.17, 15) is 14.0 Å². The lowest BCUT2D eigenvalue weighted by molar-refractivity contribution is -0.119. The third-order valence-electron chi connectivity index (χ3n) is 3.36. The quantitative estimate of drug-likeness (QED) is 0.724. The van der Waals surface area contributed by atoms with Gasteiger partial charge in [-0.1, -0.05) is 11.6 Å². The Morgan fingerprint density at radius 1 is 1.32 bits per heavy atom. The molecular weight excluding hydrogens is 349 g/mol. The van der Waals surface area contributed by atoms with E-state index in [0.717, 1.165) is 11.6 Å². The molecule has 0 atom stereocenters. The first-order valence-corrected chi connectivity index (χ1v) is 7.67. The predicted molar refractivity (Wildman–Crippen MR) is 90.3 cm³/mol. The monoisotopic (exact) mass is 361 g/mol. The number of imidazole rings is 1. The molecule has 25 heavy (non-hydrogen) atoms. The van der Waals surface area contributed by atoms with Crippen LogP contribution >= 0.6 is 11.6 Å². The predicted octanol–water partition coefficient (Wildman–Crippen LogP) is 3.23. The van der Waals surface area contributed by atoms with E-state index >= 15 is 0 Å². The van der Waals surface area contributed by atoms with Gasteiger partial charge in [0, 0.05) is 18.1 Å². The lowest BCUT2D eigenvalue weighted by atomic mass is 10.3. The minimum absolute atomic E-state index is 0.100. The van der Waals surface area contributed by atoms with Gasteiger partial charge in [-0.3, -0.25) is 4.79 Å². The van der Waals surface area contributed by atoms with Crippen LogP contribution in [-0.2, 0) is 9.53 Å². The second kappa shape index (κ2) is 6.90. The number of halogens is 2. The van der Waals surface area contributed by atoms with Crippen LogP contribution in [0.3, 0.4) is 0 Å². The molecule has 2 heterocycles. The molecule has 3 aromatic rings. The van der Waals surface area contributed by atoms with E-state index in [1.807, 2.05) is 19.1 Å². The van der Waals surface area contributed by atoms with Crippen molar-refractivity contribution in [2.24, 2.45) is 0 Å². The van der Waals surface area contributed by atoms with Crippen molar-refractivity contribution in [2.75, 3.05) is 11.9 Å². The number of carbonyl (C=O) groups excluding carboxylic acids is 2. The Hall–Kier alpha value is -2.93. The molecule has 128 valence electrons. The average molecular weight is 362 g/mol. The molecule has 0 fully saturated rings. The lowest BCUT2D eigenvalue weighted by Crippen LogP contribution is -2.21. The Bertz CT molecular complexity index is 971. The fourth-order valence-corrected chi connectivity index (χ4v) is 2.34. The number of hydrogen-bond donors (Lipinski definition) is 1. The Labute approximate surface area is 147 Å². The van der Waals surface area contributed by atoms with Gasteiger partial charge >= 0.3 is 5.97 Å². The largest absolute Gasteiger partial charge is 0.451 e. The summed E-state index contributed by atoms with van der Waals surface area (Å²) in [5.41, 5.74) is 2.02. The number of fused-ring (bicyclic) bond motifs is 1. The van der Waals surface area contributed by atoms with Crippen LogP contribution < -0.4 is 5.32 Å². The molecule has 0 saturated carbocycles. The number of nitrogens with one attached hydrogen (secondary N) is 1. The number of pyridine rings is 1. The molecule has 0 aliphatic heterocycles. The van der Waals surface area contributed by atoms with Gasteiger partial charge in [0.2, 0.25) is 0 Å². The van der Waals surface area contributed by atoms with Crippen LogP contribution in [0.2, 0.25) is 5.02 Å². The highest BCUT2D eigenvalue weighted by Crippen LogP contribution is 2.19. The van der Waals surface area contributed by atoms with E-state index < -0.39 is 24.3 Å². The van der Waals surface area contributed by atoms with E-state index in [4.69, 9.17) is 16.3 Å². The molecule has 1 amide bonds. The number of amides is 1. The SMILES string of the molecule is Cc1ccn2cc(C(=O)OCC(=O)Nc3ccc(F)c(Cl)c3)nc2c1. The van der Waals surface area contributed by atoms with Crippen LogP contribution in [0.25, 0.3) is 5.65 Å². The summed E-state index contributed by atoms with van der Waals surface area (Å²) in [4.78, 5) is 28.0. The van der Waals surface area contributed by atoms with Crippen molar-refractivity contribution in [1.82, 2.24) is 9.38 Å². The molecular formula is C17H13ClFN3O3. The number of benzene rings is 1. The van der Waals surface area contributed by atoms with E-state index in [-0.39, 0.29) is 10.7 Å². The molecule has 1 aromatic carbocycles. The maximum Gasteiger partial charge on any atom is 0.359 e. The normalized spacial score (nSPS) is 10.7. The summed E-state index contributed by atoms with van der Waals surface area (Å²) in [5.74, 6) is -1.88. The maximum atomic E-state index is 13.1. The van der Waals surface area contributed by atoms with Gasteiger partial charge in [0.1, 0.15) is 11.5 Å². The molecule has 6 nitrogen and oxygen atoms in total. The Kier molecular flexibility index (Phi) is 4.67. The van der Waals surface area contributed by atoms with Crippen molar-refractivity contribution >= 4 is 34.8 Å². The van der Waals surface area contributed by atoms with Gasteiger partial charge in [0.25, 0.3) is 5.91 Å². The number of rotatable bonds is 4. The van der Waals surface area contributed by atoms with Gasteiger partial charge in [-0.2, -0.15) is 0 Å². The fraction of sp³-hybridized carbons (Fsp3) is 0.118. The maximum absolute atomic E-state index is 13.1. The summed E-state index contributed by atoms with van der Waals surface area (Å²) in [6, 6.07) is 7.45. The summed E-state index contributed by atoms with van der Waals surface area (Å²) in [7, 11) is 0. The molecule has 0 aliphatic carbocycles. The number of hydrogen-bond acceptors (Lipinski definition) is 4. The number of ether oxygens (including phenoxy) is 1. The van der Waals surface area contributed by atoms with Crippen LogP contribution in [0.1, 0.15) is 16.1 Å². The molecule has 0 saturated heterocycles. The van der Waals surface area contributed by atoms with E-state index in [1.165, 1.54) is 18.3 Å². The zero-order chi connectivity index (χ0) is 18.0. The van der Waals surface area contributed by atoms with Crippen LogP contribution in [0.4, 0.5) is 10.1 Å². The zero-order valence-electron chi connectivity index (χ0n) is 13.1. The molecule has 0 radical (unpaired) electrons. The van der Waals surface area contributed by atoms with Gasteiger partial charge in [-0.05, 0) is 42.8 Å². The molecule has 1 N–H and O–H groups in total. The topological polar surface area (TPSA) is 72.7 Å². The number of nitrogens with zero attached hydrogens (tertiary/aromatic N) is 2. The average Bonchev–Trinajstić information content (AvgIpc) is 2.99. The Balaban J connectivity index is 1.60. The summed E-state index contributed by atoms with van der Waals surface area (Å²) in [5, 5.41) is 2.34. The molecule has 0 aliphatic rings. The van der Waals surface area contributed by atoms with E-state index in [2.05, 4.69) is 10.3 Å². The van der Waals surface area contributed by atoms with Crippen molar-refractivity contribution in [2.45, 2.75) is 6.92 Å². The smallest absolute Gasteiger partial charge is 0.359 e. The first-order chi connectivity index (χ1) is 11.9. The van der Waals surface area contributed by atoms with Crippen molar-refractivity contribution in [3.8, 4) is 0 Å². The summed E-state index contributed by atoms with van der Waals surface area (Å²) in [6.45, 7) is 1.42. The highest BCUT2D eigenvalue weighted by atomic mass is 35.5. The number of aryl methyl sites for hydroxylation is 1. The molecule has 8 heteroatoms.